The van der Waals surface area contributed by atoms with Crippen LogP contribution >= 0.6 is 11.6 Å². The van der Waals surface area contributed by atoms with Crippen LogP contribution in [0.2, 0.25) is 5.02 Å². The number of nitrogens with zero attached hydrogens (tertiary/aromatic N) is 2. The Hall–Kier alpha value is -1.55. The van der Waals surface area contributed by atoms with Crippen LogP contribution < -0.4 is 4.74 Å². The Morgan fingerprint density at radius 3 is 2.08 bits per heavy atom. The van der Waals surface area contributed by atoms with Crippen molar-refractivity contribution in [1.29, 1.82) is 0 Å². The molecule has 0 aliphatic carbocycles. The van der Waals surface area contributed by atoms with Crippen LogP contribution in [0.5, 0.6) is 5.75 Å². The fraction of sp³-hybridized carbons (Fsp3) is 0.400. The summed E-state index contributed by atoms with van der Waals surface area (Å²) in [6.07, 6.45) is 1.09. The number of hydrogen-bond donors (Lipinski definition) is 0. The molecular weight excluding hydrogens is 320 g/mol. The molecule has 128 valence electrons. The van der Waals surface area contributed by atoms with Crippen LogP contribution in [0.15, 0.2) is 54.6 Å². The summed E-state index contributed by atoms with van der Waals surface area (Å²) in [5.74, 6) is 0.958. The number of hydrogen-bond acceptors (Lipinski definition) is 3. The van der Waals surface area contributed by atoms with Crippen molar-refractivity contribution in [2.24, 2.45) is 0 Å². The smallest absolute Gasteiger partial charge is 0.119 e. The molecule has 2 aromatic carbocycles. The minimum Gasteiger partial charge on any atom is -0.492 e. The Morgan fingerprint density at radius 2 is 1.42 bits per heavy atom. The second-order valence-corrected chi connectivity index (χ2v) is 6.66. The zero-order chi connectivity index (χ0) is 16.6. The first-order valence-corrected chi connectivity index (χ1v) is 9.04. The summed E-state index contributed by atoms with van der Waals surface area (Å²) in [4.78, 5) is 5.03. The van der Waals surface area contributed by atoms with Gasteiger partial charge in [-0.25, -0.2) is 0 Å². The van der Waals surface area contributed by atoms with Crippen molar-refractivity contribution in [2.75, 3.05) is 45.9 Å². The van der Waals surface area contributed by atoms with E-state index in [1.165, 1.54) is 5.56 Å². The molecule has 0 radical (unpaired) electrons. The highest BCUT2D eigenvalue weighted by Gasteiger charge is 2.16. The highest BCUT2D eigenvalue weighted by atomic mass is 35.5. The molecule has 1 fully saturated rings. The number of halogens is 1. The van der Waals surface area contributed by atoms with E-state index in [0.717, 1.165) is 63.1 Å². The average Bonchev–Trinajstić information content (AvgIpc) is 2.63. The third-order valence-electron chi connectivity index (χ3n) is 4.51. The van der Waals surface area contributed by atoms with Crippen molar-refractivity contribution >= 4 is 11.6 Å². The molecule has 1 saturated heterocycles. The lowest BCUT2D eigenvalue weighted by molar-refractivity contribution is 0.118. The fourth-order valence-electron chi connectivity index (χ4n) is 2.98. The van der Waals surface area contributed by atoms with E-state index in [-0.39, 0.29) is 0 Å². The van der Waals surface area contributed by atoms with E-state index in [1.54, 1.807) is 0 Å². The molecule has 4 heteroatoms. The van der Waals surface area contributed by atoms with Crippen LogP contribution in [0.25, 0.3) is 0 Å². The standard InChI is InChI=1S/C20H25ClN2O/c21-19-8-6-18(7-9-19)10-11-22-12-14-23(15-13-22)16-17-24-20-4-2-1-3-5-20/h1-9H,10-17H2. The topological polar surface area (TPSA) is 15.7 Å². The predicted octanol–water partition coefficient (Wildman–Crippen LogP) is 3.58. The van der Waals surface area contributed by atoms with Crippen LogP contribution in [-0.4, -0.2) is 55.7 Å². The summed E-state index contributed by atoms with van der Waals surface area (Å²) >= 11 is 5.93. The molecule has 1 aliphatic rings. The van der Waals surface area contributed by atoms with Crippen LogP contribution in [0, 0.1) is 0 Å². The number of rotatable bonds is 7. The Morgan fingerprint density at radius 1 is 0.792 bits per heavy atom. The molecule has 0 N–H and O–H groups in total. The van der Waals surface area contributed by atoms with Crippen molar-refractivity contribution in [1.82, 2.24) is 9.80 Å². The third-order valence-corrected chi connectivity index (χ3v) is 4.77. The van der Waals surface area contributed by atoms with Crippen LogP contribution in [-0.2, 0) is 6.42 Å². The van der Waals surface area contributed by atoms with Crippen molar-refractivity contribution in [3.63, 3.8) is 0 Å². The van der Waals surface area contributed by atoms with Crippen molar-refractivity contribution in [3.8, 4) is 5.75 Å². The van der Waals surface area contributed by atoms with Crippen LogP contribution in [0.3, 0.4) is 0 Å². The molecule has 0 atom stereocenters. The van der Waals surface area contributed by atoms with Gasteiger partial charge in [0.2, 0.25) is 0 Å². The molecule has 3 nitrogen and oxygen atoms in total. The average molecular weight is 345 g/mol. The van der Waals surface area contributed by atoms with Gasteiger partial charge in [-0.1, -0.05) is 41.9 Å². The lowest BCUT2D eigenvalue weighted by Crippen LogP contribution is -2.47. The lowest BCUT2D eigenvalue weighted by atomic mass is 10.1. The monoisotopic (exact) mass is 344 g/mol. The molecule has 0 unspecified atom stereocenters. The summed E-state index contributed by atoms with van der Waals surface area (Å²) < 4.78 is 5.78. The van der Waals surface area contributed by atoms with E-state index in [1.807, 2.05) is 42.5 Å². The van der Waals surface area contributed by atoms with Crippen LogP contribution in [0.1, 0.15) is 5.56 Å². The Kier molecular flexibility index (Phi) is 6.53. The quantitative estimate of drug-likeness (QED) is 0.763. The Labute approximate surface area is 149 Å². The summed E-state index contributed by atoms with van der Waals surface area (Å²) in [6.45, 7) is 7.40. The SMILES string of the molecule is Clc1ccc(CCN2CCN(CCOc3ccccc3)CC2)cc1. The van der Waals surface area contributed by atoms with Gasteiger partial charge in [0, 0.05) is 44.3 Å². The molecule has 24 heavy (non-hydrogen) atoms. The number of ether oxygens (including phenoxy) is 1. The van der Waals surface area contributed by atoms with E-state index in [4.69, 9.17) is 16.3 Å². The largest absolute Gasteiger partial charge is 0.492 e. The summed E-state index contributed by atoms with van der Waals surface area (Å²) in [7, 11) is 0. The van der Waals surface area contributed by atoms with E-state index in [9.17, 15) is 0 Å². The van der Waals surface area contributed by atoms with Gasteiger partial charge in [-0.05, 0) is 36.2 Å². The first-order chi connectivity index (χ1) is 11.8. The van der Waals surface area contributed by atoms with E-state index in [0.29, 0.717) is 0 Å². The number of piperazine rings is 1. The molecule has 0 spiro atoms. The maximum atomic E-state index is 5.93. The maximum Gasteiger partial charge on any atom is 0.119 e. The summed E-state index contributed by atoms with van der Waals surface area (Å²) in [5.41, 5.74) is 1.36. The van der Waals surface area contributed by atoms with E-state index < -0.39 is 0 Å². The Bertz CT molecular complexity index is 595. The van der Waals surface area contributed by atoms with Gasteiger partial charge in [0.1, 0.15) is 12.4 Å². The Balaban J connectivity index is 1.31. The minimum absolute atomic E-state index is 0.759. The third kappa shape index (κ3) is 5.52. The highest BCUT2D eigenvalue weighted by Crippen LogP contribution is 2.11. The fourth-order valence-corrected chi connectivity index (χ4v) is 3.11. The summed E-state index contributed by atoms with van der Waals surface area (Å²) in [6, 6.07) is 18.2. The van der Waals surface area contributed by atoms with Crippen molar-refractivity contribution < 1.29 is 4.74 Å². The predicted molar refractivity (Wildman–Crippen MR) is 100.0 cm³/mol. The molecule has 1 aliphatic heterocycles. The van der Waals surface area contributed by atoms with Gasteiger partial charge in [0.15, 0.2) is 0 Å². The lowest BCUT2D eigenvalue weighted by Gasteiger charge is -2.34. The van der Waals surface area contributed by atoms with E-state index in [2.05, 4.69) is 21.9 Å². The summed E-state index contributed by atoms with van der Waals surface area (Å²) in [5, 5.41) is 0.810. The van der Waals surface area contributed by atoms with Gasteiger partial charge in [-0.15, -0.1) is 0 Å². The van der Waals surface area contributed by atoms with E-state index >= 15 is 0 Å². The van der Waals surface area contributed by atoms with Crippen LogP contribution in [0.4, 0.5) is 0 Å². The first-order valence-electron chi connectivity index (χ1n) is 8.66. The van der Waals surface area contributed by atoms with Gasteiger partial charge < -0.3 is 9.64 Å². The zero-order valence-corrected chi connectivity index (χ0v) is 14.8. The van der Waals surface area contributed by atoms with Crippen molar-refractivity contribution in [2.45, 2.75) is 6.42 Å². The molecule has 1 heterocycles. The molecule has 0 aromatic heterocycles. The molecule has 0 amide bonds. The van der Waals surface area contributed by atoms with Gasteiger partial charge in [0.05, 0.1) is 0 Å². The molecule has 2 aromatic rings. The van der Waals surface area contributed by atoms with Gasteiger partial charge in [-0.2, -0.15) is 0 Å². The zero-order valence-electron chi connectivity index (χ0n) is 14.0. The molecular formula is C20H25ClN2O. The molecule has 0 saturated carbocycles. The highest BCUT2D eigenvalue weighted by molar-refractivity contribution is 6.30. The number of benzene rings is 2. The second kappa shape index (κ2) is 9.07. The molecule has 3 rings (SSSR count). The van der Waals surface area contributed by atoms with Gasteiger partial charge in [0.25, 0.3) is 0 Å². The second-order valence-electron chi connectivity index (χ2n) is 6.22. The number of para-hydroxylation sites is 1. The normalized spacial score (nSPS) is 16.2. The maximum absolute atomic E-state index is 5.93. The molecule has 0 bridgehead atoms. The minimum atomic E-state index is 0.759. The first kappa shape index (κ1) is 17.3. The van der Waals surface area contributed by atoms with Gasteiger partial charge >= 0.3 is 0 Å². The van der Waals surface area contributed by atoms with Crippen molar-refractivity contribution in [3.05, 3.63) is 65.2 Å². The van der Waals surface area contributed by atoms with Gasteiger partial charge in [-0.3, -0.25) is 4.90 Å².